The Labute approximate surface area is 198 Å². The van der Waals surface area contributed by atoms with Crippen molar-refractivity contribution < 1.29 is 38.3 Å². The quantitative estimate of drug-likeness (QED) is 0.387. The molecular weight excluding hydrogens is 446 g/mol. The number of ether oxygens (including phenoxy) is 2. The van der Waals surface area contributed by atoms with Gasteiger partial charge in [-0.2, -0.15) is 0 Å². The van der Waals surface area contributed by atoms with Gasteiger partial charge in [0, 0.05) is 19.4 Å². The van der Waals surface area contributed by atoms with E-state index in [1.54, 1.807) is 20.8 Å². The minimum Gasteiger partial charge on any atom is -0.445 e. The zero-order valence-electron chi connectivity index (χ0n) is 19.6. The number of nitrogens with zero attached hydrogens (tertiary/aromatic N) is 1. The molecule has 4 amide bonds. The summed E-state index contributed by atoms with van der Waals surface area (Å²) in [6, 6.07) is 8.09. The number of hydroxylamine groups is 2. The Morgan fingerprint density at radius 3 is 2.26 bits per heavy atom. The lowest BCUT2D eigenvalue weighted by atomic mass is 10.1. The highest BCUT2D eigenvalue weighted by Gasteiger charge is 2.35. The first kappa shape index (κ1) is 26.6. The Morgan fingerprint density at radius 1 is 1.00 bits per heavy atom. The van der Waals surface area contributed by atoms with Gasteiger partial charge in [0.05, 0.1) is 0 Å². The number of rotatable bonds is 10. The summed E-state index contributed by atoms with van der Waals surface area (Å²) < 4.78 is 10.3. The number of carbonyl (C=O) groups excluding carboxylic acids is 5. The molecule has 11 nitrogen and oxygen atoms in total. The van der Waals surface area contributed by atoms with Crippen molar-refractivity contribution in [2.75, 3.05) is 6.54 Å². The topological polar surface area (TPSA) is 140 Å². The molecule has 2 rings (SSSR count). The van der Waals surface area contributed by atoms with Crippen molar-refractivity contribution in [1.29, 1.82) is 0 Å². The van der Waals surface area contributed by atoms with E-state index in [2.05, 4.69) is 10.6 Å². The molecule has 1 aliphatic rings. The molecule has 1 aromatic carbocycles. The summed E-state index contributed by atoms with van der Waals surface area (Å²) >= 11 is 0. The fraction of sp³-hybridized carbons (Fsp3) is 0.522. The fourth-order valence-electron chi connectivity index (χ4n) is 2.95. The van der Waals surface area contributed by atoms with Gasteiger partial charge in [0.2, 0.25) is 0 Å². The molecule has 0 bridgehead atoms. The van der Waals surface area contributed by atoms with Gasteiger partial charge in [0.15, 0.2) is 0 Å². The molecule has 0 aliphatic carbocycles. The van der Waals surface area contributed by atoms with Crippen LogP contribution in [0.3, 0.4) is 0 Å². The molecule has 1 heterocycles. The number of carbonyl (C=O) groups is 5. The van der Waals surface area contributed by atoms with Crippen LogP contribution in [0.4, 0.5) is 9.59 Å². The average molecular weight is 478 g/mol. The Kier molecular flexibility index (Phi) is 9.84. The normalized spacial score (nSPS) is 14.4. The first-order valence-electron chi connectivity index (χ1n) is 11.1. The van der Waals surface area contributed by atoms with Crippen LogP contribution in [0.25, 0.3) is 0 Å². The largest absolute Gasteiger partial charge is 0.445 e. The minimum absolute atomic E-state index is 0.0394. The number of hydrogen-bond acceptors (Lipinski definition) is 8. The zero-order valence-corrected chi connectivity index (χ0v) is 19.6. The summed E-state index contributed by atoms with van der Waals surface area (Å²) in [5.74, 6) is -2.19. The van der Waals surface area contributed by atoms with E-state index < -0.39 is 41.6 Å². The van der Waals surface area contributed by atoms with Gasteiger partial charge in [-0.15, -0.1) is 5.06 Å². The molecule has 34 heavy (non-hydrogen) atoms. The van der Waals surface area contributed by atoms with E-state index in [4.69, 9.17) is 14.3 Å². The van der Waals surface area contributed by atoms with Crippen molar-refractivity contribution in [3.63, 3.8) is 0 Å². The molecule has 1 fully saturated rings. The van der Waals surface area contributed by atoms with E-state index in [9.17, 15) is 24.0 Å². The number of imide groups is 1. The van der Waals surface area contributed by atoms with Gasteiger partial charge in [-0.1, -0.05) is 30.3 Å². The molecule has 0 aromatic heterocycles. The third-order valence-corrected chi connectivity index (χ3v) is 4.56. The maximum absolute atomic E-state index is 12.6. The Balaban J connectivity index is 1.80. The van der Waals surface area contributed by atoms with E-state index in [1.807, 2.05) is 30.3 Å². The van der Waals surface area contributed by atoms with E-state index in [1.165, 1.54) is 0 Å². The highest BCUT2D eigenvalue weighted by atomic mass is 16.7. The van der Waals surface area contributed by atoms with Crippen LogP contribution in [0.5, 0.6) is 0 Å². The maximum Gasteiger partial charge on any atom is 0.408 e. The highest BCUT2D eigenvalue weighted by molar-refractivity contribution is 6.01. The van der Waals surface area contributed by atoms with Crippen LogP contribution in [-0.4, -0.2) is 53.2 Å². The van der Waals surface area contributed by atoms with E-state index in [0.29, 0.717) is 17.9 Å². The van der Waals surface area contributed by atoms with Crippen LogP contribution >= 0.6 is 0 Å². The summed E-state index contributed by atoms with van der Waals surface area (Å²) in [6.07, 6.45) is -0.466. The molecule has 0 spiro atoms. The van der Waals surface area contributed by atoms with Crippen LogP contribution in [0.15, 0.2) is 30.3 Å². The van der Waals surface area contributed by atoms with Crippen LogP contribution < -0.4 is 10.6 Å². The third kappa shape index (κ3) is 9.47. The Hall–Kier alpha value is -3.63. The van der Waals surface area contributed by atoms with Gasteiger partial charge in [0.1, 0.15) is 18.2 Å². The molecule has 1 unspecified atom stereocenters. The summed E-state index contributed by atoms with van der Waals surface area (Å²) in [5.41, 5.74) is 0.0749. The second kappa shape index (κ2) is 12.6. The molecule has 1 saturated heterocycles. The van der Waals surface area contributed by atoms with Crippen LogP contribution in [0, 0.1) is 0 Å². The van der Waals surface area contributed by atoms with Gasteiger partial charge in [-0.05, 0) is 45.6 Å². The van der Waals surface area contributed by atoms with Gasteiger partial charge >= 0.3 is 18.2 Å². The van der Waals surface area contributed by atoms with Crippen molar-refractivity contribution >= 4 is 30.0 Å². The molecule has 2 N–H and O–H groups in total. The van der Waals surface area contributed by atoms with Crippen LogP contribution in [-0.2, 0) is 35.3 Å². The molecule has 11 heteroatoms. The van der Waals surface area contributed by atoms with E-state index >= 15 is 0 Å². The summed E-state index contributed by atoms with van der Waals surface area (Å²) in [6.45, 7) is 5.44. The van der Waals surface area contributed by atoms with E-state index in [0.717, 1.165) is 5.56 Å². The van der Waals surface area contributed by atoms with Gasteiger partial charge in [-0.25, -0.2) is 14.4 Å². The lowest BCUT2D eigenvalue weighted by molar-refractivity contribution is -0.199. The van der Waals surface area contributed by atoms with Crippen LogP contribution in [0.2, 0.25) is 0 Å². The van der Waals surface area contributed by atoms with Gasteiger partial charge in [0.25, 0.3) is 11.8 Å². The number of benzene rings is 1. The highest BCUT2D eigenvalue weighted by Crippen LogP contribution is 2.15. The number of unbranched alkanes of at least 4 members (excludes halogenated alkanes) is 1. The average Bonchev–Trinajstić information content (AvgIpc) is 3.08. The Morgan fingerprint density at radius 2 is 1.65 bits per heavy atom. The zero-order chi connectivity index (χ0) is 25.1. The Bertz CT molecular complexity index is 866. The minimum atomic E-state index is -1.15. The van der Waals surface area contributed by atoms with Gasteiger partial charge in [-0.3, -0.25) is 9.59 Å². The maximum atomic E-state index is 12.6. The third-order valence-electron chi connectivity index (χ3n) is 4.56. The number of amides is 4. The number of nitrogens with one attached hydrogen (secondary N) is 2. The lowest BCUT2D eigenvalue weighted by Crippen LogP contribution is -2.46. The first-order valence-corrected chi connectivity index (χ1v) is 11.1. The van der Waals surface area contributed by atoms with Crippen molar-refractivity contribution in [2.24, 2.45) is 0 Å². The molecule has 1 aromatic rings. The van der Waals surface area contributed by atoms with Crippen LogP contribution in [0.1, 0.15) is 58.4 Å². The summed E-state index contributed by atoms with van der Waals surface area (Å²) in [5, 5.41) is 5.46. The molecular formula is C23H31N3O8. The summed E-state index contributed by atoms with van der Waals surface area (Å²) in [7, 11) is 0. The van der Waals surface area contributed by atoms with Crippen molar-refractivity contribution in [3.8, 4) is 0 Å². The molecule has 0 saturated carbocycles. The molecule has 1 atom stereocenters. The lowest BCUT2D eigenvalue weighted by Gasteiger charge is -2.23. The second-order valence-electron chi connectivity index (χ2n) is 8.68. The standard InChI is InChI=1S/C23H31N3O8/c1-23(2,3)33-22(31)25-17(20(29)34-26-18(27)12-13-19(26)28)11-7-8-14-24-21(30)32-15-16-9-5-4-6-10-16/h4-6,9-10,17H,7-8,11-15H2,1-3H3,(H,24,30)(H,25,31). The van der Waals surface area contributed by atoms with Crippen molar-refractivity contribution in [3.05, 3.63) is 35.9 Å². The smallest absolute Gasteiger partial charge is 0.408 e. The predicted octanol–water partition coefficient (Wildman–Crippen LogP) is 2.58. The molecule has 1 aliphatic heterocycles. The molecule has 186 valence electrons. The molecule has 0 radical (unpaired) electrons. The number of hydrogen-bond donors (Lipinski definition) is 2. The predicted molar refractivity (Wildman–Crippen MR) is 119 cm³/mol. The van der Waals surface area contributed by atoms with E-state index in [-0.39, 0.29) is 32.4 Å². The summed E-state index contributed by atoms with van der Waals surface area (Å²) in [4.78, 5) is 64.9. The first-order chi connectivity index (χ1) is 16.0. The van der Waals surface area contributed by atoms with Crippen molar-refractivity contribution in [2.45, 2.75) is 71.1 Å². The van der Waals surface area contributed by atoms with Crippen molar-refractivity contribution in [1.82, 2.24) is 15.7 Å². The van der Waals surface area contributed by atoms with Gasteiger partial charge < -0.3 is 24.9 Å². The number of alkyl carbamates (subject to hydrolysis) is 2. The monoisotopic (exact) mass is 477 g/mol. The fourth-order valence-corrected chi connectivity index (χ4v) is 2.95. The second-order valence-corrected chi connectivity index (χ2v) is 8.68. The SMILES string of the molecule is CC(C)(C)OC(=O)NC(CCCCNC(=O)OCc1ccccc1)C(=O)ON1C(=O)CCC1=O.